The highest BCUT2D eigenvalue weighted by Crippen LogP contribution is 2.15. The number of ether oxygens (including phenoxy) is 1. The Balaban J connectivity index is 1.92. The molecule has 0 spiro atoms. The number of alkyl halides is 1. The normalized spacial score (nSPS) is 10.7. The zero-order chi connectivity index (χ0) is 12.6. The second-order valence-electron chi connectivity index (χ2n) is 3.90. The van der Waals surface area contributed by atoms with Gasteiger partial charge in [-0.05, 0) is 23.3 Å². The van der Waals surface area contributed by atoms with E-state index < -0.39 is 0 Å². The minimum absolute atomic E-state index is 0.534. The van der Waals surface area contributed by atoms with Gasteiger partial charge >= 0.3 is 0 Å². The minimum atomic E-state index is 0.534. The molecule has 0 amide bonds. The van der Waals surface area contributed by atoms with Crippen molar-refractivity contribution >= 4 is 17.7 Å². The maximum absolute atomic E-state index is 5.70. The first-order valence-electron chi connectivity index (χ1n) is 5.88. The molecule has 1 nitrogen and oxygen atoms in total. The maximum Gasteiger partial charge on any atom is 0.119 e. The standard InChI is InChI=1S/C16H15ClO/c17-12-4-7-14-8-10-16(11-9-14)18-13-15-5-2-1-3-6-15/h1-11H,12-13H2. The molecule has 2 heteroatoms. The Morgan fingerprint density at radius 1 is 0.944 bits per heavy atom. The van der Waals surface area contributed by atoms with E-state index in [-0.39, 0.29) is 0 Å². The Morgan fingerprint density at radius 2 is 1.67 bits per heavy atom. The zero-order valence-electron chi connectivity index (χ0n) is 10.1. The van der Waals surface area contributed by atoms with Crippen molar-refractivity contribution in [2.45, 2.75) is 6.61 Å². The molecule has 0 bridgehead atoms. The SMILES string of the molecule is ClCC=Cc1ccc(OCc2ccccc2)cc1. The quantitative estimate of drug-likeness (QED) is 0.717. The van der Waals surface area contributed by atoms with Crippen LogP contribution in [0.4, 0.5) is 0 Å². The van der Waals surface area contributed by atoms with E-state index in [0.717, 1.165) is 11.3 Å². The summed E-state index contributed by atoms with van der Waals surface area (Å²) >= 11 is 5.59. The third-order valence-electron chi connectivity index (χ3n) is 2.53. The van der Waals surface area contributed by atoms with E-state index in [1.807, 2.05) is 54.6 Å². The van der Waals surface area contributed by atoms with E-state index in [1.165, 1.54) is 5.56 Å². The van der Waals surface area contributed by atoms with Crippen LogP contribution in [-0.2, 0) is 6.61 Å². The molecule has 0 fully saturated rings. The number of allylic oxidation sites excluding steroid dienone is 1. The molecule has 0 saturated heterocycles. The maximum atomic E-state index is 5.70. The van der Waals surface area contributed by atoms with Crippen molar-refractivity contribution in [2.75, 3.05) is 5.88 Å². The summed E-state index contributed by atoms with van der Waals surface area (Å²) in [6.45, 7) is 0.595. The van der Waals surface area contributed by atoms with Crippen LogP contribution in [0, 0.1) is 0 Å². The van der Waals surface area contributed by atoms with Crippen molar-refractivity contribution in [3.8, 4) is 5.75 Å². The molecule has 92 valence electrons. The van der Waals surface area contributed by atoms with Crippen LogP contribution in [0.5, 0.6) is 5.75 Å². The van der Waals surface area contributed by atoms with Gasteiger partial charge in [-0.25, -0.2) is 0 Å². The Kier molecular flexibility index (Phi) is 4.86. The van der Waals surface area contributed by atoms with Gasteiger partial charge in [0.05, 0.1) is 0 Å². The first kappa shape index (κ1) is 12.7. The fraction of sp³-hybridized carbons (Fsp3) is 0.125. The molecule has 2 aromatic carbocycles. The van der Waals surface area contributed by atoms with E-state index in [4.69, 9.17) is 16.3 Å². The number of halogens is 1. The lowest BCUT2D eigenvalue weighted by Crippen LogP contribution is -1.94. The second kappa shape index (κ2) is 6.87. The molecule has 2 aromatic rings. The molecule has 2 rings (SSSR count). The summed E-state index contributed by atoms with van der Waals surface area (Å²) in [6, 6.07) is 18.1. The molecule has 0 atom stereocenters. The molecule has 0 N–H and O–H groups in total. The summed E-state index contributed by atoms with van der Waals surface area (Å²) in [5.41, 5.74) is 2.30. The van der Waals surface area contributed by atoms with Gasteiger partial charge in [0.1, 0.15) is 12.4 Å². The monoisotopic (exact) mass is 258 g/mol. The van der Waals surface area contributed by atoms with E-state index >= 15 is 0 Å². The lowest BCUT2D eigenvalue weighted by atomic mass is 10.2. The molecule has 0 aliphatic heterocycles. The van der Waals surface area contributed by atoms with Crippen LogP contribution in [0.25, 0.3) is 6.08 Å². The molecule has 0 aromatic heterocycles. The first-order valence-corrected chi connectivity index (χ1v) is 6.41. The second-order valence-corrected chi connectivity index (χ2v) is 4.21. The lowest BCUT2D eigenvalue weighted by Gasteiger charge is -2.06. The van der Waals surface area contributed by atoms with E-state index in [9.17, 15) is 0 Å². The first-order chi connectivity index (χ1) is 8.88. The highest BCUT2D eigenvalue weighted by molar-refractivity contribution is 6.19. The van der Waals surface area contributed by atoms with Gasteiger partial charge in [0.15, 0.2) is 0 Å². The van der Waals surface area contributed by atoms with Gasteiger partial charge in [-0.15, -0.1) is 11.6 Å². The van der Waals surface area contributed by atoms with E-state index in [2.05, 4.69) is 12.1 Å². The topological polar surface area (TPSA) is 9.23 Å². The van der Waals surface area contributed by atoms with Crippen molar-refractivity contribution in [2.24, 2.45) is 0 Å². The third kappa shape index (κ3) is 3.94. The van der Waals surface area contributed by atoms with Crippen molar-refractivity contribution in [1.82, 2.24) is 0 Å². The molecular weight excluding hydrogens is 244 g/mol. The fourth-order valence-electron chi connectivity index (χ4n) is 1.60. The molecule has 0 radical (unpaired) electrons. The summed E-state index contributed by atoms with van der Waals surface area (Å²) < 4.78 is 5.70. The molecule has 0 aliphatic rings. The largest absolute Gasteiger partial charge is 0.489 e. The Hall–Kier alpha value is -1.73. The van der Waals surface area contributed by atoms with Gasteiger partial charge in [-0.3, -0.25) is 0 Å². The summed E-state index contributed by atoms with van der Waals surface area (Å²) in [4.78, 5) is 0. The summed E-state index contributed by atoms with van der Waals surface area (Å²) in [6.07, 6.45) is 3.91. The molecule has 0 heterocycles. The molecule has 18 heavy (non-hydrogen) atoms. The van der Waals surface area contributed by atoms with Crippen molar-refractivity contribution in [1.29, 1.82) is 0 Å². The number of hydrogen-bond donors (Lipinski definition) is 0. The predicted molar refractivity (Wildman–Crippen MR) is 77.0 cm³/mol. The van der Waals surface area contributed by atoms with Crippen molar-refractivity contribution in [3.63, 3.8) is 0 Å². The molecule has 0 aliphatic carbocycles. The minimum Gasteiger partial charge on any atom is -0.489 e. The van der Waals surface area contributed by atoms with Crippen LogP contribution in [0.1, 0.15) is 11.1 Å². The highest BCUT2D eigenvalue weighted by atomic mass is 35.5. The summed E-state index contributed by atoms with van der Waals surface area (Å²) in [5.74, 6) is 1.41. The van der Waals surface area contributed by atoms with Gasteiger partial charge in [0.25, 0.3) is 0 Å². The van der Waals surface area contributed by atoms with Crippen LogP contribution in [-0.4, -0.2) is 5.88 Å². The molecule has 0 saturated carbocycles. The van der Waals surface area contributed by atoms with Crippen LogP contribution in [0.2, 0.25) is 0 Å². The van der Waals surface area contributed by atoms with Crippen molar-refractivity contribution < 1.29 is 4.74 Å². The summed E-state index contributed by atoms with van der Waals surface area (Å²) in [7, 11) is 0. The lowest BCUT2D eigenvalue weighted by molar-refractivity contribution is 0.306. The molecule has 0 unspecified atom stereocenters. The van der Waals surface area contributed by atoms with Crippen LogP contribution in [0.3, 0.4) is 0 Å². The summed E-state index contributed by atoms with van der Waals surface area (Å²) in [5, 5.41) is 0. The Bertz CT molecular complexity index is 488. The number of hydrogen-bond acceptors (Lipinski definition) is 1. The van der Waals surface area contributed by atoms with Crippen LogP contribution >= 0.6 is 11.6 Å². The highest BCUT2D eigenvalue weighted by Gasteiger charge is 1.95. The van der Waals surface area contributed by atoms with Gasteiger partial charge in [0, 0.05) is 5.88 Å². The van der Waals surface area contributed by atoms with E-state index in [0.29, 0.717) is 12.5 Å². The zero-order valence-corrected chi connectivity index (χ0v) is 10.8. The van der Waals surface area contributed by atoms with Gasteiger partial charge in [0.2, 0.25) is 0 Å². The third-order valence-corrected chi connectivity index (χ3v) is 2.71. The van der Waals surface area contributed by atoms with Gasteiger partial charge in [-0.1, -0.05) is 54.6 Å². The molecular formula is C16H15ClO. The van der Waals surface area contributed by atoms with E-state index in [1.54, 1.807) is 0 Å². The van der Waals surface area contributed by atoms with Gasteiger partial charge in [-0.2, -0.15) is 0 Å². The average Bonchev–Trinajstić information content (AvgIpc) is 2.45. The van der Waals surface area contributed by atoms with Crippen LogP contribution in [0.15, 0.2) is 60.7 Å². The smallest absolute Gasteiger partial charge is 0.119 e. The van der Waals surface area contributed by atoms with Crippen LogP contribution < -0.4 is 4.74 Å². The van der Waals surface area contributed by atoms with Gasteiger partial charge < -0.3 is 4.74 Å². The number of benzene rings is 2. The average molecular weight is 259 g/mol. The Morgan fingerprint density at radius 3 is 2.33 bits per heavy atom. The fourth-order valence-corrected chi connectivity index (χ4v) is 1.69. The number of rotatable bonds is 5. The predicted octanol–water partition coefficient (Wildman–Crippen LogP) is 4.52. The Labute approximate surface area is 113 Å². The van der Waals surface area contributed by atoms with Crippen molar-refractivity contribution in [3.05, 3.63) is 71.8 Å².